The summed E-state index contributed by atoms with van der Waals surface area (Å²) in [5.74, 6) is 1.00. The lowest BCUT2D eigenvalue weighted by Crippen LogP contribution is -2.54. The van der Waals surface area contributed by atoms with Gasteiger partial charge in [-0.2, -0.15) is 0 Å². The van der Waals surface area contributed by atoms with Gasteiger partial charge in [0.15, 0.2) is 0 Å². The maximum absolute atomic E-state index is 12.9. The zero-order valence-electron chi connectivity index (χ0n) is 16.5. The normalized spacial score (nSPS) is 23.3. The maximum Gasteiger partial charge on any atom is 0.272 e. The molecule has 6 nitrogen and oxygen atoms in total. The second-order valence-electron chi connectivity index (χ2n) is 8.69. The van der Waals surface area contributed by atoms with E-state index in [1.807, 2.05) is 18.7 Å². The zero-order valence-corrected chi connectivity index (χ0v) is 16.5. The first-order chi connectivity index (χ1) is 13.0. The number of aromatic nitrogens is 2. The van der Waals surface area contributed by atoms with Crippen LogP contribution in [-0.4, -0.2) is 57.3 Å². The Labute approximate surface area is 161 Å². The Morgan fingerprint density at radius 2 is 1.81 bits per heavy atom. The lowest BCUT2D eigenvalue weighted by molar-refractivity contribution is -0.142. The van der Waals surface area contributed by atoms with Crippen LogP contribution >= 0.6 is 0 Å². The second kappa shape index (κ2) is 7.21. The van der Waals surface area contributed by atoms with Crippen molar-refractivity contribution < 1.29 is 9.59 Å². The molecule has 0 radical (unpaired) electrons. The van der Waals surface area contributed by atoms with E-state index in [1.165, 1.54) is 25.7 Å². The van der Waals surface area contributed by atoms with Crippen LogP contribution in [0, 0.1) is 19.3 Å². The number of nitrogens with zero attached hydrogens (tertiary/aromatic N) is 4. The van der Waals surface area contributed by atoms with Crippen LogP contribution < -0.4 is 0 Å². The van der Waals surface area contributed by atoms with Crippen molar-refractivity contribution in [2.45, 2.75) is 71.3 Å². The van der Waals surface area contributed by atoms with Gasteiger partial charge in [-0.15, -0.1) is 0 Å². The van der Waals surface area contributed by atoms with E-state index in [4.69, 9.17) is 0 Å². The highest BCUT2D eigenvalue weighted by molar-refractivity contribution is 5.92. The third kappa shape index (κ3) is 3.71. The number of piperidine rings is 2. The molecule has 1 aromatic heterocycles. The van der Waals surface area contributed by atoms with Gasteiger partial charge in [-0.25, -0.2) is 9.97 Å². The molecule has 3 fully saturated rings. The van der Waals surface area contributed by atoms with Gasteiger partial charge in [0.25, 0.3) is 5.91 Å². The maximum atomic E-state index is 12.9. The van der Waals surface area contributed by atoms with Crippen LogP contribution in [0.1, 0.15) is 73.4 Å². The zero-order chi connectivity index (χ0) is 19.0. The number of amides is 2. The van der Waals surface area contributed by atoms with E-state index >= 15 is 0 Å². The van der Waals surface area contributed by atoms with Gasteiger partial charge in [0, 0.05) is 37.8 Å². The van der Waals surface area contributed by atoms with E-state index in [0.717, 1.165) is 44.6 Å². The standard InChI is InChI=1S/C21H30N4O2/c1-15-13-18(23-16(2)22-15)20(27)24-11-9-21(10-12-24)8-7-19(26)25(14-21)17-5-3-4-6-17/h13,17H,3-12,14H2,1-2H3. The van der Waals surface area contributed by atoms with Gasteiger partial charge >= 0.3 is 0 Å². The number of likely N-dealkylation sites (tertiary alicyclic amines) is 2. The summed E-state index contributed by atoms with van der Waals surface area (Å²) in [5.41, 5.74) is 1.53. The van der Waals surface area contributed by atoms with Gasteiger partial charge in [0.05, 0.1) is 0 Å². The number of hydrogen-bond donors (Lipinski definition) is 0. The van der Waals surface area contributed by atoms with E-state index in [2.05, 4.69) is 14.9 Å². The predicted octanol–water partition coefficient (Wildman–Crippen LogP) is 2.88. The molecule has 27 heavy (non-hydrogen) atoms. The largest absolute Gasteiger partial charge is 0.339 e. The SMILES string of the molecule is Cc1cc(C(=O)N2CCC3(CCC(=O)N(C4CCCC4)C3)CC2)nc(C)n1. The Morgan fingerprint density at radius 3 is 2.48 bits per heavy atom. The summed E-state index contributed by atoms with van der Waals surface area (Å²) in [7, 11) is 0. The van der Waals surface area contributed by atoms with Crippen LogP contribution in [0.4, 0.5) is 0 Å². The minimum absolute atomic E-state index is 0.0120. The summed E-state index contributed by atoms with van der Waals surface area (Å²) in [4.78, 5) is 38.1. The van der Waals surface area contributed by atoms with Crippen molar-refractivity contribution in [3.05, 3.63) is 23.3 Å². The molecular weight excluding hydrogens is 340 g/mol. The van der Waals surface area contributed by atoms with E-state index in [-0.39, 0.29) is 11.3 Å². The Kier molecular flexibility index (Phi) is 4.91. The summed E-state index contributed by atoms with van der Waals surface area (Å²) >= 11 is 0. The number of hydrogen-bond acceptors (Lipinski definition) is 4. The highest BCUT2D eigenvalue weighted by atomic mass is 16.2. The van der Waals surface area contributed by atoms with Gasteiger partial charge < -0.3 is 9.80 Å². The summed E-state index contributed by atoms with van der Waals surface area (Å²) in [6, 6.07) is 2.24. The average molecular weight is 370 g/mol. The van der Waals surface area contributed by atoms with Crippen molar-refractivity contribution in [3.8, 4) is 0 Å². The number of carbonyl (C=O) groups excluding carboxylic acids is 2. The summed E-state index contributed by atoms with van der Waals surface area (Å²) < 4.78 is 0. The molecule has 0 unspecified atom stereocenters. The smallest absolute Gasteiger partial charge is 0.272 e. The monoisotopic (exact) mass is 370 g/mol. The van der Waals surface area contributed by atoms with Crippen LogP contribution in [0.3, 0.4) is 0 Å². The van der Waals surface area contributed by atoms with E-state index in [0.29, 0.717) is 29.9 Å². The third-order valence-corrected chi connectivity index (χ3v) is 6.76. The van der Waals surface area contributed by atoms with E-state index in [9.17, 15) is 9.59 Å². The van der Waals surface area contributed by atoms with E-state index in [1.54, 1.807) is 6.07 Å². The van der Waals surface area contributed by atoms with Crippen molar-refractivity contribution >= 4 is 11.8 Å². The molecule has 6 heteroatoms. The number of rotatable bonds is 2. The van der Waals surface area contributed by atoms with Crippen LogP contribution in [0.15, 0.2) is 6.07 Å². The summed E-state index contributed by atoms with van der Waals surface area (Å²) in [6.07, 6.45) is 8.45. The Morgan fingerprint density at radius 1 is 1.11 bits per heavy atom. The van der Waals surface area contributed by atoms with Crippen molar-refractivity contribution in [1.82, 2.24) is 19.8 Å². The highest BCUT2D eigenvalue weighted by Crippen LogP contribution is 2.42. The molecule has 4 rings (SSSR count). The third-order valence-electron chi connectivity index (χ3n) is 6.76. The van der Waals surface area contributed by atoms with Crippen molar-refractivity contribution in [2.75, 3.05) is 19.6 Å². The molecule has 2 saturated heterocycles. The molecule has 2 aliphatic heterocycles. The number of carbonyl (C=O) groups is 2. The molecule has 0 aromatic carbocycles. The first-order valence-corrected chi connectivity index (χ1v) is 10.4. The minimum Gasteiger partial charge on any atom is -0.339 e. The first kappa shape index (κ1) is 18.4. The molecule has 1 aromatic rings. The highest BCUT2D eigenvalue weighted by Gasteiger charge is 2.43. The molecule has 0 bridgehead atoms. The van der Waals surface area contributed by atoms with Gasteiger partial charge in [-0.3, -0.25) is 9.59 Å². The second-order valence-corrected chi connectivity index (χ2v) is 8.69. The molecule has 1 saturated carbocycles. The Balaban J connectivity index is 1.42. The van der Waals surface area contributed by atoms with Crippen molar-refractivity contribution in [3.63, 3.8) is 0 Å². The van der Waals surface area contributed by atoms with Crippen molar-refractivity contribution in [2.24, 2.45) is 5.41 Å². The topological polar surface area (TPSA) is 66.4 Å². The predicted molar refractivity (Wildman–Crippen MR) is 102 cm³/mol. The Hall–Kier alpha value is -1.98. The lowest BCUT2D eigenvalue weighted by atomic mass is 9.72. The van der Waals surface area contributed by atoms with Crippen molar-refractivity contribution in [1.29, 1.82) is 0 Å². The van der Waals surface area contributed by atoms with Gasteiger partial charge in [-0.1, -0.05) is 12.8 Å². The molecule has 0 atom stereocenters. The molecule has 3 heterocycles. The molecule has 1 aliphatic carbocycles. The van der Waals surface area contributed by atoms with Gasteiger partial charge in [0.1, 0.15) is 11.5 Å². The first-order valence-electron chi connectivity index (χ1n) is 10.4. The quantitative estimate of drug-likeness (QED) is 0.803. The fraction of sp³-hybridized carbons (Fsp3) is 0.714. The minimum atomic E-state index is 0.0120. The average Bonchev–Trinajstić information content (AvgIpc) is 3.18. The van der Waals surface area contributed by atoms with Crippen LogP contribution in [0.25, 0.3) is 0 Å². The van der Waals surface area contributed by atoms with E-state index < -0.39 is 0 Å². The fourth-order valence-electron chi connectivity index (χ4n) is 5.17. The van der Waals surface area contributed by atoms with Crippen LogP contribution in [-0.2, 0) is 4.79 Å². The molecule has 0 N–H and O–H groups in total. The molecule has 146 valence electrons. The summed E-state index contributed by atoms with van der Waals surface area (Å²) in [6.45, 7) is 6.13. The number of aryl methyl sites for hydroxylation is 2. The van der Waals surface area contributed by atoms with Crippen LogP contribution in [0.2, 0.25) is 0 Å². The lowest BCUT2D eigenvalue weighted by Gasteiger charge is -2.49. The summed E-state index contributed by atoms with van der Waals surface area (Å²) in [5, 5.41) is 0. The Bertz CT molecular complexity index is 713. The molecule has 1 spiro atoms. The van der Waals surface area contributed by atoms with Crippen LogP contribution in [0.5, 0.6) is 0 Å². The molecule has 2 amide bonds. The van der Waals surface area contributed by atoms with Gasteiger partial charge in [0.2, 0.25) is 5.91 Å². The van der Waals surface area contributed by atoms with Gasteiger partial charge in [-0.05, 0) is 57.4 Å². The fourth-order valence-corrected chi connectivity index (χ4v) is 5.17. The molecular formula is C21H30N4O2. The molecule has 3 aliphatic rings.